The van der Waals surface area contributed by atoms with Crippen molar-refractivity contribution < 1.29 is 9.90 Å². The predicted molar refractivity (Wildman–Crippen MR) is 94.0 cm³/mol. The van der Waals surface area contributed by atoms with Crippen LogP contribution in [0.3, 0.4) is 0 Å². The van der Waals surface area contributed by atoms with E-state index in [1.54, 1.807) is 25.3 Å². The number of nitrogens with one attached hydrogen (secondary N) is 2. The van der Waals surface area contributed by atoms with Gasteiger partial charge >= 0.3 is 0 Å². The first-order valence-corrected chi connectivity index (χ1v) is 8.61. The van der Waals surface area contributed by atoms with Crippen molar-refractivity contribution in [3.8, 4) is 0 Å². The highest BCUT2D eigenvalue weighted by Gasteiger charge is 2.15. The van der Waals surface area contributed by atoms with E-state index in [2.05, 4.69) is 20.6 Å². The van der Waals surface area contributed by atoms with Crippen molar-refractivity contribution in [1.82, 2.24) is 15.3 Å². The molecular weight excluding hydrogens is 304 g/mol. The van der Waals surface area contributed by atoms with Crippen LogP contribution in [-0.4, -0.2) is 39.7 Å². The summed E-state index contributed by atoms with van der Waals surface area (Å²) in [5.41, 5.74) is 1.28. The van der Waals surface area contributed by atoms with E-state index >= 15 is 0 Å². The van der Waals surface area contributed by atoms with Gasteiger partial charge in [-0.3, -0.25) is 4.79 Å². The van der Waals surface area contributed by atoms with Gasteiger partial charge in [-0.2, -0.15) is 0 Å². The standard InChI is InChI=1S/C18H24N4O2/c1-12(11-23)20-17(24)13-7-8-14-10-19-18(22-16(14)9-13)21-15-5-3-2-4-6-15/h7-10,12,15,23H,2-6,11H2,1H3,(H,20,24)(H,19,21,22)/t12-/m0/s1. The minimum atomic E-state index is -0.276. The normalized spacial score (nSPS) is 16.8. The van der Waals surface area contributed by atoms with Gasteiger partial charge in [-0.1, -0.05) is 25.3 Å². The number of hydrogen-bond acceptors (Lipinski definition) is 5. The topological polar surface area (TPSA) is 87.1 Å². The van der Waals surface area contributed by atoms with Crippen molar-refractivity contribution in [3.05, 3.63) is 30.0 Å². The summed E-state index contributed by atoms with van der Waals surface area (Å²) in [5, 5.41) is 16.1. The molecule has 0 unspecified atom stereocenters. The second kappa shape index (κ2) is 7.57. The van der Waals surface area contributed by atoms with Crippen molar-refractivity contribution in [2.75, 3.05) is 11.9 Å². The summed E-state index contributed by atoms with van der Waals surface area (Å²) in [6.45, 7) is 1.67. The molecule has 1 saturated carbocycles. The number of amides is 1. The highest BCUT2D eigenvalue weighted by molar-refractivity contribution is 5.97. The van der Waals surface area contributed by atoms with Crippen LogP contribution in [0.4, 0.5) is 5.95 Å². The molecule has 0 bridgehead atoms. The summed E-state index contributed by atoms with van der Waals surface area (Å²) in [5.74, 6) is 0.412. The zero-order valence-corrected chi connectivity index (χ0v) is 14.0. The van der Waals surface area contributed by atoms with Gasteiger partial charge in [-0.15, -0.1) is 0 Å². The lowest BCUT2D eigenvalue weighted by molar-refractivity contribution is 0.0922. The second-order valence-corrected chi connectivity index (χ2v) is 6.50. The Kier molecular flexibility index (Phi) is 5.25. The summed E-state index contributed by atoms with van der Waals surface area (Å²) >= 11 is 0. The molecular formula is C18H24N4O2. The zero-order valence-electron chi connectivity index (χ0n) is 14.0. The van der Waals surface area contributed by atoms with Crippen LogP contribution in [0.2, 0.25) is 0 Å². The van der Waals surface area contributed by atoms with Crippen LogP contribution in [0.1, 0.15) is 49.4 Å². The molecule has 1 aliphatic rings. The molecule has 0 spiro atoms. The van der Waals surface area contributed by atoms with E-state index in [1.807, 2.05) is 6.07 Å². The quantitative estimate of drug-likeness (QED) is 0.785. The third-order valence-corrected chi connectivity index (χ3v) is 4.43. The van der Waals surface area contributed by atoms with Crippen molar-refractivity contribution in [1.29, 1.82) is 0 Å². The Hall–Kier alpha value is -2.21. The Bertz CT molecular complexity index is 713. The fraction of sp³-hybridized carbons (Fsp3) is 0.500. The summed E-state index contributed by atoms with van der Waals surface area (Å²) in [7, 11) is 0. The lowest BCUT2D eigenvalue weighted by Gasteiger charge is -2.22. The number of fused-ring (bicyclic) bond motifs is 1. The maximum atomic E-state index is 12.2. The van der Waals surface area contributed by atoms with E-state index < -0.39 is 0 Å². The summed E-state index contributed by atoms with van der Waals surface area (Å²) in [6, 6.07) is 5.52. The summed E-state index contributed by atoms with van der Waals surface area (Å²) in [4.78, 5) is 21.1. The number of aromatic nitrogens is 2. The van der Waals surface area contributed by atoms with Crippen molar-refractivity contribution in [3.63, 3.8) is 0 Å². The molecule has 3 N–H and O–H groups in total. The molecule has 6 heteroatoms. The number of carbonyl (C=O) groups is 1. The number of nitrogens with zero attached hydrogens (tertiary/aromatic N) is 2. The van der Waals surface area contributed by atoms with Gasteiger partial charge in [-0.25, -0.2) is 9.97 Å². The Morgan fingerprint density at radius 2 is 2.12 bits per heavy atom. The van der Waals surface area contributed by atoms with E-state index in [0.29, 0.717) is 17.6 Å². The molecule has 2 aromatic rings. The molecule has 0 saturated heterocycles. The molecule has 128 valence electrons. The fourth-order valence-electron chi connectivity index (χ4n) is 3.02. The highest BCUT2D eigenvalue weighted by Crippen LogP contribution is 2.21. The van der Waals surface area contributed by atoms with Crippen LogP contribution in [0, 0.1) is 0 Å². The third-order valence-electron chi connectivity index (χ3n) is 4.43. The van der Waals surface area contributed by atoms with Gasteiger partial charge in [0.2, 0.25) is 5.95 Å². The lowest BCUT2D eigenvalue weighted by Crippen LogP contribution is -2.34. The minimum Gasteiger partial charge on any atom is -0.394 e. The van der Waals surface area contributed by atoms with Crippen molar-refractivity contribution >= 4 is 22.8 Å². The van der Waals surface area contributed by atoms with E-state index in [-0.39, 0.29) is 18.6 Å². The second-order valence-electron chi connectivity index (χ2n) is 6.50. The Labute approximate surface area is 141 Å². The number of rotatable bonds is 5. The molecule has 24 heavy (non-hydrogen) atoms. The van der Waals surface area contributed by atoms with Crippen molar-refractivity contribution in [2.45, 2.75) is 51.1 Å². The number of carbonyl (C=O) groups excluding carboxylic acids is 1. The average Bonchev–Trinajstić information content (AvgIpc) is 2.61. The molecule has 0 aliphatic heterocycles. The SMILES string of the molecule is C[C@@H](CO)NC(=O)c1ccc2cnc(NC3CCCCC3)nc2c1. The van der Waals surface area contributed by atoms with Crippen molar-refractivity contribution in [2.24, 2.45) is 0 Å². The number of aliphatic hydroxyl groups is 1. The van der Waals surface area contributed by atoms with Gasteiger partial charge in [0.15, 0.2) is 0 Å². The first-order valence-electron chi connectivity index (χ1n) is 8.61. The molecule has 1 fully saturated rings. The molecule has 1 heterocycles. The number of aliphatic hydroxyl groups excluding tert-OH is 1. The Balaban J connectivity index is 1.78. The lowest BCUT2D eigenvalue weighted by atomic mass is 9.96. The number of hydrogen-bond donors (Lipinski definition) is 3. The third kappa shape index (κ3) is 4.00. The van der Waals surface area contributed by atoms with Gasteiger partial charge in [-0.05, 0) is 31.9 Å². The molecule has 1 atom stereocenters. The molecule has 1 aliphatic carbocycles. The Morgan fingerprint density at radius 3 is 2.88 bits per heavy atom. The van der Waals surface area contributed by atoms with E-state index in [1.165, 1.54) is 19.3 Å². The minimum absolute atomic E-state index is 0.0864. The number of anilines is 1. The van der Waals surface area contributed by atoms with Gasteiger partial charge in [0.1, 0.15) is 0 Å². The van der Waals surface area contributed by atoms with E-state index in [4.69, 9.17) is 5.11 Å². The monoisotopic (exact) mass is 328 g/mol. The Morgan fingerprint density at radius 1 is 1.33 bits per heavy atom. The first-order chi connectivity index (χ1) is 11.7. The zero-order chi connectivity index (χ0) is 16.9. The molecule has 1 amide bonds. The van der Waals surface area contributed by atoms with Crippen LogP contribution in [0.15, 0.2) is 24.4 Å². The molecule has 3 rings (SSSR count). The van der Waals surface area contributed by atoms with Crippen LogP contribution in [0.5, 0.6) is 0 Å². The van der Waals surface area contributed by atoms with E-state index in [0.717, 1.165) is 23.7 Å². The smallest absolute Gasteiger partial charge is 0.251 e. The predicted octanol–water partition coefficient (Wildman–Crippen LogP) is 2.49. The fourth-order valence-corrected chi connectivity index (χ4v) is 3.02. The highest BCUT2D eigenvalue weighted by atomic mass is 16.3. The van der Waals surface area contributed by atoms with Crippen LogP contribution in [-0.2, 0) is 0 Å². The van der Waals surface area contributed by atoms with Crippen LogP contribution in [0.25, 0.3) is 10.9 Å². The number of benzene rings is 1. The molecule has 1 aromatic heterocycles. The van der Waals surface area contributed by atoms with Crippen LogP contribution < -0.4 is 10.6 Å². The van der Waals surface area contributed by atoms with Gasteiger partial charge < -0.3 is 15.7 Å². The maximum absolute atomic E-state index is 12.2. The summed E-state index contributed by atoms with van der Waals surface area (Å²) < 4.78 is 0. The first kappa shape index (κ1) is 16.6. The maximum Gasteiger partial charge on any atom is 0.251 e. The van der Waals surface area contributed by atoms with E-state index in [9.17, 15) is 4.79 Å². The summed E-state index contributed by atoms with van der Waals surface area (Å²) in [6.07, 6.45) is 7.90. The average molecular weight is 328 g/mol. The largest absolute Gasteiger partial charge is 0.394 e. The molecule has 0 radical (unpaired) electrons. The van der Waals surface area contributed by atoms with Gasteiger partial charge in [0.05, 0.1) is 12.1 Å². The van der Waals surface area contributed by atoms with Gasteiger partial charge in [0, 0.05) is 29.2 Å². The van der Waals surface area contributed by atoms with Crippen LogP contribution >= 0.6 is 0 Å². The van der Waals surface area contributed by atoms with Gasteiger partial charge in [0.25, 0.3) is 5.91 Å². The molecule has 1 aromatic carbocycles. The molecule has 6 nitrogen and oxygen atoms in total.